The standard InChI is InChI=1S/C38H44FN7O4/c1-23-18-43(28-21-50-22-28)7-8-44(23)27-5-6-35(40-17-27)41-31-11-25(19-42(4)36(31)48)29-13-26(39)14-32(30(29)20-47)46-10-9-45-33(37(46)49)12-24-15-38(2,3)16-34(24)45/h5-6,11-14,17,19,23,28,47H,7-10,15-16,18,20-22H2,1-4H3,(H,40,41). The lowest BCUT2D eigenvalue weighted by molar-refractivity contribution is -0.0691. The zero-order valence-corrected chi connectivity index (χ0v) is 29.1. The van der Waals surface area contributed by atoms with Crippen LogP contribution < -0.4 is 20.7 Å². The van der Waals surface area contributed by atoms with Crippen LogP contribution in [-0.4, -0.2) is 81.5 Å². The molecule has 50 heavy (non-hydrogen) atoms. The number of benzene rings is 1. The number of aryl methyl sites for hydroxylation is 1. The molecule has 0 spiro atoms. The summed E-state index contributed by atoms with van der Waals surface area (Å²) in [6.45, 7) is 11.7. The van der Waals surface area contributed by atoms with E-state index < -0.39 is 12.4 Å². The van der Waals surface area contributed by atoms with E-state index in [1.807, 2.05) is 24.4 Å². The zero-order valence-electron chi connectivity index (χ0n) is 29.1. The van der Waals surface area contributed by atoms with Crippen molar-refractivity contribution in [2.24, 2.45) is 12.5 Å². The van der Waals surface area contributed by atoms with E-state index >= 15 is 4.39 Å². The quantitative estimate of drug-likeness (QED) is 0.297. The summed E-state index contributed by atoms with van der Waals surface area (Å²) in [5, 5.41) is 13.8. The van der Waals surface area contributed by atoms with E-state index in [-0.39, 0.29) is 22.6 Å². The number of halogens is 1. The van der Waals surface area contributed by atoms with Crippen LogP contribution in [0.15, 0.2) is 53.6 Å². The van der Waals surface area contributed by atoms with Gasteiger partial charge in [0, 0.05) is 68.8 Å². The van der Waals surface area contributed by atoms with Crippen LogP contribution in [0.2, 0.25) is 0 Å². The minimum atomic E-state index is -0.540. The number of nitrogens with one attached hydrogen (secondary N) is 1. The summed E-state index contributed by atoms with van der Waals surface area (Å²) in [6, 6.07) is 11.0. The van der Waals surface area contributed by atoms with E-state index in [9.17, 15) is 14.7 Å². The molecular formula is C38H44FN7O4. The third-order valence-electron chi connectivity index (χ3n) is 10.9. The van der Waals surface area contributed by atoms with Crippen LogP contribution >= 0.6 is 0 Å². The molecule has 1 atom stereocenters. The van der Waals surface area contributed by atoms with Crippen LogP contribution in [0.25, 0.3) is 11.1 Å². The summed E-state index contributed by atoms with van der Waals surface area (Å²) in [6.07, 6.45) is 5.27. The first-order valence-electron chi connectivity index (χ1n) is 17.5. The van der Waals surface area contributed by atoms with Crippen LogP contribution in [0.1, 0.15) is 48.1 Å². The fraction of sp³-hybridized carbons (Fsp3) is 0.447. The SMILES string of the molecule is CC1CN(C2COC2)CCN1c1ccc(Nc2cc(-c3cc(F)cc(N4CCn5c(cc6c5CC(C)(C)C6)C4=O)c3CO)cn(C)c2=O)nc1. The van der Waals surface area contributed by atoms with Gasteiger partial charge >= 0.3 is 0 Å². The molecular weight excluding hydrogens is 637 g/mol. The molecule has 1 aliphatic carbocycles. The lowest BCUT2D eigenvalue weighted by atomic mass is 9.90. The van der Waals surface area contributed by atoms with Crippen molar-refractivity contribution in [1.82, 2.24) is 19.0 Å². The summed E-state index contributed by atoms with van der Waals surface area (Å²) in [7, 11) is 1.63. The second kappa shape index (κ2) is 12.4. The maximum absolute atomic E-state index is 15.4. The fourth-order valence-corrected chi connectivity index (χ4v) is 8.28. The second-order valence-corrected chi connectivity index (χ2v) is 15.1. The Balaban J connectivity index is 1.06. The van der Waals surface area contributed by atoms with E-state index in [0.29, 0.717) is 59.1 Å². The maximum atomic E-state index is 15.4. The molecule has 0 radical (unpaired) electrons. The number of aliphatic hydroxyl groups excluding tert-OH is 1. The monoisotopic (exact) mass is 681 g/mol. The summed E-state index contributed by atoms with van der Waals surface area (Å²) < 4.78 is 24.3. The lowest BCUT2D eigenvalue weighted by Crippen LogP contribution is -2.59. The molecule has 4 aliphatic rings. The number of carbonyl (C=O) groups is 1. The van der Waals surface area contributed by atoms with Gasteiger partial charge in [-0.2, -0.15) is 0 Å². The second-order valence-electron chi connectivity index (χ2n) is 15.1. The molecule has 0 saturated carbocycles. The van der Waals surface area contributed by atoms with Crippen molar-refractivity contribution >= 4 is 28.8 Å². The van der Waals surface area contributed by atoms with Gasteiger partial charge in [0.15, 0.2) is 0 Å². The van der Waals surface area contributed by atoms with Crippen molar-refractivity contribution in [2.45, 2.75) is 58.8 Å². The Morgan fingerprint density at radius 3 is 2.58 bits per heavy atom. The highest BCUT2D eigenvalue weighted by molar-refractivity contribution is 6.07. The molecule has 1 unspecified atom stereocenters. The first-order chi connectivity index (χ1) is 24.0. The van der Waals surface area contributed by atoms with Crippen LogP contribution in [-0.2, 0) is 37.8 Å². The smallest absolute Gasteiger partial charge is 0.274 e. The molecule has 1 amide bonds. The van der Waals surface area contributed by atoms with E-state index in [2.05, 4.69) is 45.4 Å². The molecule has 8 rings (SSSR count). The van der Waals surface area contributed by atoms with Gasteiger partial charge in [-0.3, -0.25) is 14.5 Å². The Morgan fingerprint density at radius 1 is 1.06 bits per heavy atom. The zero-order chi connectivity index (χ0) is 34.9. The van der Waals surface area contributed by atoms with Crippen molar-refractivity contribution in [3.63, 3.8) is 0 Å². The number of amides is 1. The highest BCUT2D eigenvalue weighted by atomic mass is 19.1. The molecule has 6 heterocycles. The van der Waals surface area contributed by atoms with Gasteiger partial charge in [-0.15, -0.1) is 0 Å². The van der Waals surface area contributed by atoms with E-state index in [0.717, 1.165) is 51.4 Å². The van der Waals surface area contributed by atoms with Gasteiger partial charge in [-0.1, -0.05) is 13.8 Å². The van der Waals surface area contributed by atoms with Crippen molar-refractivity contribution in [1.29, 1.82) is 0 Å². The van der Waals surface area contributed by atoms with Crippen LogP contribution in [0.4, 0.5) is 27.3 Å². The highest BCUT2D eigenvalue weighted by Crippen LogP contribution is 2.41. The number of carbonyl (C=O) groups excluding carboxylic acids is 1. The summed E-state index contributed by atoms with van der Waals surface area (Å²) in [5.41, 5.74) is 5.84. The van der Waals surface area contributed by atoms with Crippen molar-refractivity contribution in [3.05, 3.63) is 87.5 Å². The molecule has 0 bridgehead atoms. The predicted molar refractivity (Wildman–Crippen MR) is 191 cm³/mol. The topological polar surface area (TPSA) is 108 Å². The summed E-state index contributed by atoms with van der Waals surface area (Å²) in [4.78, 5) is 38.2. The molecule has 2 fully saturated rings. The van der Waals surface area contributed by atoms with Gasteiger partial charge in [0.1, 0.15) is 23.0 Å². The van der Waals surface area contributed by atoms with Crippen molar-refractivity contribution in [3.8, 4) is 11.1 Å². The minimum Gasteiger partial charge on any atom is -0.392 e. The average Bonchev–Trinajstić information content (AvgIpc) is 3.55. The number of piperazine rings is 1. The number of hydrogen-bond donors (Lipinski definition) is 2. The van der Waals surface area contributed by atoms with Crippen molar-refractivity contribution in [2.75, 3.05) is 54.5 Å². The number of ether oxygens (including phenoxy) is 1. The predicted octanol–water partition coefficient (Wildman–Crippen LogP) is 4.32. The van der Waals surface area contributed by atoms with Gasteiger partial charge in [0.25, 0.3) is 11.5 Å². The summed E-state index contributed by atoms with van der Waals surface area (Å²) in [5.74, 6) is -0.251. The number of hydrogen-bond acceptors (Lipinski definition) is 8. The van der Waals surface area contributed by atoms with Crippen LogP contribution in [0, 0.1) is 11.2 Å². The molecule has 11 nitrogen and oxygen atoms in total. The number of pyridine rings is 2. The van der Waals surface area contributed by atoms with Gasteiger partial charge in [0.2, 0.25) is 0 Å². The average molecular weight is 682 g/mol. The van der Waals surface area contributed by atoms with Crippen molar-refractivity contribution < 1.29 is 19.0 Å². The Kier molecular flexibility index (Phi) is 8.08. The van der Waals surface area contributed by atoms with Gasteiger partial charge < -0.3 is 34.1 Å². The molecule has 3 aliphatic heterocycles. The highest BCUT2D eigenvalue weighted by Gasteiger charge is 2.37. The van der Waals surface area contributed by atoms with Crippen LogP contribution in [0.3, 0.4) is 0 Å². The number of anilines is 4. The van der Waals surface area contributed by atoms with Gasteiger partial charge in [-0.05, 0) is 72.7 Å². The largest absolute Gasteiger partial charge is 0.392 e. The lowest BCUT2D eigenvalue weighted by Gasteiger charge is -2.46. The maximum Gasteiger partial charge on any atom is 0.274 e. The Morgan fingerprint density at radius 2 is 1.88 bits per heavy atom. The van der Waals surface area contributed by atoms with Gasteiger partial charge in [0.05, 0.1) is 43.4 Å². The third-order valence-corrected chi connectivity index (χ3v) is 10.9. The molecule has 1 aromatic carbocycles. The molecule has 2 N–H and O–H groups in total. The molecule has 4 aromatic rings. The number of aromatic nitrogens is 3. The third kappa shape index (κ3) is 5.69. The number of rotatable bonds is 7. The summed E-state index contributed by atoms with van der Waals surface area (Å²) >= 11 is 0. The molecule has 2 saturated heterocycles. The minimum absolute atomic E-state index is 0.164. The fourth-order valence-electron chi connectivity index (χ4n) is 8.28. The number of fused-ring (bicyclic) bond motifs is 3. The van der Waals surface area contributed by atoms with Gasteiger partial charge in [-0.25, -0.2) is 9.37 Å². The Labute approximate surface area is 290 Å². The van der Waals surface area contributed by atoms with E-state index in [1.54, 1.807) is 24.2 Å². The Hall–Kier alpha value is -4.52. The number of aliphatic hydroxyl groups is 1. The normalized spacial score (nSPS) is 20.5. The first-order valence-corrected chi connectivity index (χ1v) is 17.5. The first kappa shape index (κ1) is 32.7. The van der Waals surface area contributed by atoms with Crippen LogP contribution in [0.5, 0.6) is 0 Å². The van der Waals surface area contributed by atoms with E-state index in [1.165, 1.54) is 28.0 Å². The van der Waals surface area contributed by atoms with E-state index in [4.69, 9.17) is 4.74 Å². The molecule has 3 aromatic heterocycles. The molecule has 12 heteroatoms. The number of nitrogens with zero attached hydrogens (tertiary/aromatic N) is 6. The molecule has 262 valence electrons. The Bertz CT molecular complexity index is 2030.